The van der Waals surface area contributed by atoms with Crippen LogP contribution in [0.1, 0.15) is 23.5 Å². The fourth-order valence-electron chi connectivity index (χ4n) is 4.67. The van der Waals surface area contributed by atoms with E-state index in [1.54, 1.807) is 6.20 Å². The van der Waals surface area contributed by atoms with Gasteiger partial charge in [0.15, 0.2) is 0 Å². The third-order valence-electron chi connectivity index (χ3n) is 6.16. The van der Waals surface area contributed by atoms with E-state index in [1.807, 2.05) is 35.2 Å². The average molecular weight is 432 g/mol. The zero-order valence-electron chi connectivity index (χ0n) is 17.7. The molecule has 2 aliphatic heterocycles. The van der Waals surface area contributed by atoms with Crippen molar-refractivity contribution in [3.8, 4) is 11.3 Å². The first kappa shape index (κ1) is 20.2. The van der Waals surface area contributed by atoms with Crippen molar-refractivity contribution in [3.05, 3.63) is 65.9 Å². The maximum Gasteiger partial charge on any atom is 0.237 e. The highest BCUT2D eigenvalue weighted by atomic mass is 32.2. The summed E-state index contributed by atoms with van der Waals surface area (Å²) in [6.45, 7) is 4.12. The van der Waals surface area contributed by atoms with E-state index in [-0.39, 0.29) is 11.9 Å². The lowest BCUT2D eigenvalue weighted by atomic mass is 9.89. The van der Waals surface area contributed by atoms with E-state index in [9.17, 15) is 4.79 Å². The quantitative estimate of drug-likeness (QED) is 0.586. The van der Waals surface area contributed by atoms with Crippen molar-refractivity contribution in [1.82, 2.24) is 20.1 Å². The fraction of sp³-hybridized carbons (Fsp3) is 0.333. The summed E-state index contributed by atoms with van der Waals surface area (Å²) in [6, 6.07) is 16.5. The third-order valence-corrected chi connectivity index (χ3v) is 6.99. The Labute approximate surface area is 186 Å². The van der Waals surface area contributed by atoms with Crippen LogP contribution >= 0.6 is 11.8 Å². The Hall–Kier alpha value is -2.77. The van der Waals surface area contributed by atoms with Crippen LogP contribution in [0.5, 0.6) is 0 Å². The van der Waals surface area contributed by atoms with Crippen LogP contribution in [0.3, 0.4) is 0 Å². The number of amides is 1. The van der Waals surface area contributed by atoms with Crippen molar-refractivity contribution < 1.29 is 4.79 Å². The molecule has 0 bridgehead atoms. The Kier molecular flexibility index (Phi) is 5.46. The highest BCUT2D eigenvalue weighted by Gasteiger charge is 2.43. The predicted molar refractivity (Wildman–Crippen MR) is 123 cm³/mol. The standard InChI is InChI=1S/C24H25N5OS/c1-16-8-9-21-18(12-16)19-14-28(2)11-10-22(19)29(21)23(30)15-31-24-25-13-20(26-27-24)17-6-4-3-5-7-17/h3-9,12-13,19,22H,10-11,14-15H2,1-2H3/t19-,22-/m0/s1. The Morgan fingerprint density at radius 2 is 2.00 bits per heavy atom. The molecule has 0 N–H and O–H groups in total. The number of benzene rings is 2. The van der Waals surface area contributed by atoms with Crippen LogP contribution in [0.4, 0.5) is 5.69 Å². The summed E-state index contributed by atoms with van der Waals surface area (Å²) in [6.07, 6.45) is 2.71. The highest BCUT2D eigenvalue weighted by Crippen LogP contribution is 2.45. The van der Waals surface area contributed by atoms with Crippen molar-refractivity contribution in [3.63, 3.8) is 0 Å². The molecule has 0 spiro atoms. The van der Waals surface area contributed by atoms with Crippen molar-refractivity contribution in [1.29, 1.82) is 0 Å². The number of carbonyl (C=O) groups excluding carboxylic acids is 1. The molecular weight excluding hydrogens is 406 g/mol. The van der Waals surface area contributed by atoms with Crippen molar-refractivity contribution in [2.75, 3.05) is 30.8 Å². The second-order valence-electron chi connectivity index (χ2n) is 8.33. The van der Waals surface area contributed by atoms with E-state index < -0.39 is 0 Å². The SMILES string of the molecule is Cc1ccc2c(c1)[C@@H]1CN(C)CC[C@@H]1N2C(=O)CSc1ncc(-c2ccccc2)nn1. The molecule has 3 heterocycles. The van der Waals surface area contributed by atoms with Crippen molar-refractivity contribution in [2.24, 2.45) is 0 Å². The van der Waals surface area contributed by atoms with E-state index in [4.69, 9.17) is 0 Å². The number of rotatable bonds is 4. The minimum absolute atomic E-state index is 0.114. The van der Waals surface area contributed by atoms with Gasteiger partial charge in [0.2, 0.25) is 11.1 Å². The highest BCUT2D eigenvalue weighted by molar-refractivity contribution is 7.99. The number of carbonyl (C=O) groups is 1. The lowest BCUT2D eigenvalue weighted by Crippen LogP contribution is -2.47. The topological polar surface area (TPSA) is 62.2 Å². The first-order valence-corrected chi connectivity index (χ1v) is 11.6. The molecule has 1 saturated heterocycles. The first-order chi connectivity index (χ1) is 15.1. The van der Waals surface area contributed by atoms with Gasteiger partial charge >= 0.3 is 0 Å². The van der Waals surface area contributed by atoms with Gasteiger partial charge in [0, 0.05) is 29.8 Å². The number of piperidine rings is 1. The summed E-state index contributed by atoms with van der Waals surface area (Å²) < 4.78 is 0. The fourth-order valence-corrected chi connectivity index (χ4v) is 5.29. The Morgan fingerprint density at radius 3 is 2.77 bits per heavy atom. The van der Waals surface area contributed by atoms with E-state index >= 15 is 0 Å². The summed E-state index contributed by atoms with van der Waals surface area (Å²) >= 11 is 1.35. The molecule has 0 radical (unpaired) electrons. The largest absolute Gasteiger partial charge is 0.308 e. The summed E-state index contributed by atoms with van der Waals surface area (Å²) in [5.41, 5.74) is 5.33. The van der Waals surface area contributed by atoms with Crippen LogP contribution in [0, 0.1) is 6.92 Å². The molecule has 7 heteroatoms. The summed E-state index contributed by atoms with van der Waals surface area (Å²) in [5, 5.41) is 9.03. The molecule has 2 atom stereocenters. The van der Waals surface area contributed by atoms with Gasteiger partial charge in [-0.2, -0.15) is 0 Å². The van der Waals surface area contributed by atoms with Crippen molar-refractivity contribution >= 4 is 23.4 Å². The van der Waals surface area contributed by atoms with Gasteiger partial charge in [-0.05, 0) is 38.6 Å². The van der Waals surface area contributed by atoms with Crippen molar-refractivity contribution in [2.45, 2.75) is 30.5 Å². The van der Waals surface area contributed by atoms with Gasteiger partial charge < -0.3 is 9.80 Å². The van der Waals surface area contributed by atoms with Gasteiger partial charge in [0.05, 0.1) is 11.9 Å². The van der Waals surface area contributed by atoms with E-state index in [0.29, 0.717) is 16.8 Å². The molecule has 6 nitrogen and oxygen atoms in total. The smallest absolute Gasteiger partial charge is 0.237 e. The number of likely N-dealkylation sites (N-methyl/N-ethyl adjacent to an activating group) is 1. The number of fused-ring (bicyclic) bond motifs is 3. The molecule has 1 aromatic heterocycles. The second kappa shape index (κ2) is 8.40. The normalized spacial score (nSPS) is 20.4. The van der Waals surface area contributed by atoms with Gasteiger partial charge in [-0.1, -0.05) is 59.8 Å². The first-order valence-electron chi connectivity index (χ1n) is 10.6. The molecular formula is C24H25N5OS. The second-order valence-corrected chi connectivity index (χ2v) is 9.27. The zero-order valence-corrected chi connectivity index (χ0v) is 18.5. The Bertz CT molecular complexity index is 1090. The van der Waals surface area contributed by atoms with Crippen LogP contribution < -0.4 is 4.90 Å². The minimum atomic E-state index is 0.114. The molecule has 0 aliphatic carbocycles. The third kappa shape index (κ3) is 3.95. The molecule has 2 aliphatic rings. The Balaban J connectivity index is 1.31. The lowest BCUT2D eigenvalue weighted by Gasteiger charge is -2.36. The maximum absolute atomic E-state index is 13.3. The zero-order chi connectivity index (χ0) is 21.4. The van der Waals surface area contributed by atoms with E-state index in [0.717, 1.165) is 36.5 Å². The number of thioether (sulfide) groups is 1. The number of likely N-dealkylation sites (tertiary alicyclic amines) is 1. The van der Waals surface area contributed by atoms with Gasteiger partial charge in [-0.3, -0.25) is 4.79 Å². The average Bonchev–Trinajstić information content (AvgIpc) is 3.11. The number of hydrogen-bond donors (Lipinski definition) is 0. The molecule has 31 heavy (non-hydrogen) atoms. The van der Waals surface area contributed by atoms with Crippen LogP contribution in [0.2, 0.25) is 0 Å². The molecule has 3 aromatic rings. The molecule has 5 rings (SSSR count). The molecule has 158 valence electrons. The number of aryl methyl sites for hydroxylation is 1. The number of aromatic nitrogens is 3. The molecule has 0 unspecified atom stereocenters. The van der Waals surface area contributed by atoms with Gasteiger partial charge in [-0.25, -0.2) is 4.98 Å². The maximum atomic E-state index is 13.3. The summed E-state index contributed by atoms with van der Waals surface area (Å²) in [5.74, 6) is 0.798. The number of nitrogens with zero attached hydrogens (tertiary/aromatic N) is 5. The van der Waals surface area contributed by atoms with Crippen LogP contribution in [0.25, 0.3) is 11.3 Å². The van der Waals surface area contributed by atoms with Gasteiger partial charge in [0.1, 0.15) is 5.69 Å². The van der Waals surface area contributed by atoms with E-state index in [1.165, 1.54) is 22.9 Å². The minimum Gasteiger partial charge on any atom is -0.308 e. The predicted octanol–water partition coefficient (Wildman–Crippen LogP) is 3.77. The lowest BCUT2D eigenvalue weighted by molar-refractivity contribution is -0.116. The Morgan fingerprint density at radius 1 is 1.16 bits per heavy atom. The monoisotopic (exact) mass is 431 g/mol. The summed E-state index contributed by atoms with van der Waals surface area (Å²) in [7, 11) is 2.16. The molecule has 1 amide bonds. The summed E-state index contributed by atoms with van der Waals surface area (Å²) in [4.78, 5) is 22.1. The number of anilines is 1. The molecule has 1 fully saturated rings. The van der Waals surface area contributed by atoms with Gasteiger partial charge in [-0.15, -0.1) is 10.2 Å². The molecule has 2 aromatic carbocycles. The number of hydrogen-bond acceptors (Lipinski definition) is 6. The van der Waals surface area contributed by atoms with Crippen LogP contribution in [-0.2, 0) is 4.79 Å². The van der Waals surface area contributed by atoms with Gasteiger partial charge in [0.25, 0.3) is 0 Å². The molecule has 0 saturated carbocycles. The van der Waals surface area contributed by atoms with E-state index in [2.05, 4.69) is 52.3 Å². The van der Waals surface area contributed by atoms with Crippen LogP contribution in [0.15, 0.2) is 59.9 Å². The van der Waals surface area contributed by atoms with Crippen LogP contribution in [-0.4, -0.2) is 57.9 Å².